The van der Waals surface area contributed by atoms with E-state index in [0.29, 0.717) is 6.42 Å². The second kappa shape index (κ2) is 4.71. The van der Waals surface area contributed by atoms with Crippen LogP contribution in [0.1, 0.15) is 12.0 Å². The Balaban J connectivity index is 2.26. The zero-order chi connectivity index (χ0) is 13.4. The van der Waals surface area contributed by atoms with Crippen molar-refractivity contribution < 1.29 is 4.92 Å². The molecule has 0 N–H and O–H groups in total. The van der Waals surface area contributed by atoms with Crippen LogP contribution < -0.4 is 0 Å². The lowest BCUT2D eigenvalue weighted by Crippen LogP contribution is -2.06. The number of hydrogen-bond donors (Lipinski definition) is 0. The third-order valence-electron chi connectivity index (χ3n) is 2.95. The molecule has 6 heteroatoms. The number of allylic oxidation sites excluding steroid dienone is 4. The number of thiocarbonyl (C=S) groups is 1. The van der Waals surface area contributed by atoms with Crippen molar-refractivity contribution in [3.8, 4) is 0 Å². The van der Waals surface area contributed by atoms with Gasteiger partial charge in [0, 0.05) is 63.2 Å². The van der Waals surface area contributed by atoms with E-state index in [9.17, 15) is 10.1 Å². The van der Waals surface area contributed by atoms with E-state index < -0.39 is 4.92 Å². The third kappa shape index (κ3) is 2.13. The number of nitrogens with zero attached hydrogens (tertiary/aromatic N) is 2. The monoisotopic (exact) mass is 288 g/mol. The summed E-state index contributed by atoms with van der Waals surface area (Å²) >= 11 is 6.71. The summed E-state index contributed by atoms with van der Waals surface area (Å²) in [5.74, 6) is 0. The average molecular weight is 288 g/mol. The highest BCUT2D eigenvalue weighted by Gasteiger charge is 2.22. The van der Waals surface area contributed by atoms with Crippen LogP contribution in [-0.4, -0.2) is 16.0 Å². The van der Waals surface area contributed by atoms with Gasteiger partial charge in [0.2, 0.25) is 0 Å². The highest BCUT2D eigenvalue weighted by Crippen LogP contribution is 2.38. The van der Waals surface area contributed by atoms with Gasteiger partial charge in [-0.05, 0) is 6.07 Å². The molecular formula is C13H8N2O2S2. The van der Waals surface area contributed by atoms with E-state index >= 15 is 0 Å². The summed E-state index contributed by atoms with van der Waals surface area (Å²) < 4.78 is 4.26. The van der Waals surface area contributed by atoms with Crippen LogP contribution in [0.3, 0.4) is 0 Å². The molecule has 0 saturated heterocycles. The van der Waals surface area contributed by atoms with Crippen LogP contribution in [0.2, 0.25) is 0 Å². The second-order valence-electron chi connectivity index (χ2n) is 4.12. The molecule has 0 atom stereocenters. The minimum atomic E-state index is -0.390. The molecule has 0 spiro atoms. The molecule has 4 nitrogen and oxygen atoms in total. The standard InChI is InChI=1S/C13H8N2O2S2/c16-15(17)9-4-5-12-10(6-9)13-8(7-14-19-12)2-1-3-11(13)18/h1-2,4-7H,3H2. The molecule has 19 heavy (non-hydrogen) atoms. The van der Waals surface area contributed by atoms with Crippen molar-refractivity contribution in [2.45, 2.75) is 11.3 Å². The van der Waals surface area contributed by atoms with Gasteiger partial charge in [-0.3, -0.25) is 10.1 Å². The Labute approximate surface area is 119 Å². The fourth-order valence-electron chi connectivity index (χ4n) is 2.10. The molecule has 1 aromatic carbocycles. The maximum Gasteiger partial charge on any atom is 0.270 e. The average Bonchev–Trinajstić information content (AvgIpc) is 2.57. The van der Waals surface area contributed by atoms with Crippen molar-refractivity contribution in [3.63, 3.8) is 0 Å². The molecule has 94 valence electrons. The normalized spacial score (nSPS) is 16.9. The molecule has 0 unspecified atom stereocenters. The molecule has 1 heterocycles. The quantitative estimate of drug-likeness (QED) is 0.341. The molecular weight excluding hydrogens is 280 g/mol. The van der Waals surface area contributed by atoms with Crippen molar-refractivity contribution in [2.24, 2.45) is 4.40 Å². The van der Waals surface area contributed by atoms with E-state index in [1.807, 2.05) is 12.2 Å². The number of non-ortho nitro benzene ring substituents is 1. The van der Waals surface area contributed by atoms with Gasteiger partial charge < -0.3 is 0 Å². The Morgan fingerprint density at radius 2 is 2.26 bits per heavy atom. The van der Waals surface area contributed by atoms with Gasteiger partial charge in [0.15, 0.2) is 0 Å². The van der Waals surface area contributed by atoms with Crippen LogP contribution in [0, 0.1) is 10.1 Å². The first-order chi connectivity index (χ1) is 9.16. The fraction of sp³-hybridized carbons (Fsp3) is 0.0769. The van der Waals surface area contributed by atoms with Crippen LogP contribution in [0.5, 0.6) is 0 Å². The van der Waals surface area contributed by atoms with E-state index in [1.54, 1.807) is 18.3 Å². The second-order valence-corrected chi connectivity index (χ2v) is 5.45. The van der Waals surface area contributed by atoms with Crippen LogP contribution in [0.25, 0.3) is 5.57 Å². The number of rotatable bonds is 1. The Bertz CT molecular complexity index is 690. The number of benzene rings is 1. The highest BCUT2D eigenvalue weighted by atomic mass is 32.2. The van der Waals surface area contributed by atoms with E-state index in [1.165, 1.54) is 18.0 Å². The van der Waals surface area contributed by atoms with Gasteiger partial charge in [-0.25, -0.2) is 4.40 Å². The summed E-state index contributed by atoms with van der Waals surface area (Å²) in [6.07, 6.45) is 6.39. The molecule has 2 aliphatic rings. The fourth-order valence-corrected chi connectivity index (χ4v) is 3.09. The number of nitro benzene ring substituents is 1. The summed E-state index contributed by atoms with van der Waals surface area (Å²) in [6.45, 7) is 0. The van der Waals surface area contributed by atoms with E-state index in [4.69, 9.17) is 12.2 Å². The first kappa shape index (κ1) is 12.3. The topological polar surface area (TPSA) is 55.5 Å². The zero-order valence-corrected chi connectivity index (χ0v) is 11.3. The molecule has 0 amide bonds. The summed E-state index contributed by atoms with van der Waals surface area (Å²) in [5, 5.41) is 10.9. The summed E-state index contributed by atoms with van der Waals surface area (Å²) in [6, 6.07) is 4.80. The third-order valence-corrected chi connectivity index (χ3v) is 4.09. The van der Waals surface area contributed by atoms with Crippen molar-refractivity contribution in [1.82, 2.24) is 0 Å². The predicted octanol–water partition coefficient (Wildman–Crippen LogP) is 3.77. The van der Waals surface area contributed by atoms with Crippen LogP contribution in [0.15, 0.2) is 45.2 Å². The Morgan fingerprint density at radius 3 is 3.05 bits per heavy atom. The summed E-state index contributed by atoms with van der Waals surface area (Å²) in [5.41, 5.74) is 2.69. The summed E-state index contributed by atoms with van der Waals surface area (Å²) in [7, 11) is 0. The lowest BCUT2D eigenvalue weighted by molar-refractivity contribution is -0.384. The minimum absolute atomic E-state index is 0.0745. The molecule has 0 fully saturated rings. The highest BCUT2D eigenvalue weighted by molar-refractivity contribution is 7.98. The van der Waals surface area contributed by atoms with Gasteiger partial charge >= 0.3 is 0 Å². The SMILES string of the molecule is O=[N+]([O-])c1ccc2c(c1)C1=C(C=CCC1=S)C=NS2. The lowest BCUT2D eigenvalue weighted by Gasteiger charge is -2.15. The number of nitro groups is 1. The Hall–Kier alpha value is -1.79. The molecule has 0 saturated carbocycles. The largest absolute Gasteiger partial charge is 0.270 e. The molecule has 0 radical (unpaired) electrons. The maximum atomic E-state index is 10.9. The zero-order valence-electron chi connectivity index (χ0n) is 9.70. The molecule has 1 aromatic rings. The first-order valence-electron chi connectivity index (χ1n) is 5.60. The molecule has 1 aliphatic carbocycles. The molecule has 3 rings (SSSR count). The van der Waals surface area contributed by atoms with Crippen molar-refractivity contribution in [1.29, 1.82) is 0 Å². The molecule has 0 bridgehead atoms. The van der Waals surface area contributed by atoms with Crippen molar-refractivity contribution in [3.05, 3.63) is 51.6 Å². The van der Waals surface area contributed by atoms with E-state index in [0.717, 1.165) is 26.5 Å². The van der Waals surface area contributed by atoms with Crippen molar-refractivity contribution in [2.75, 3.05) is 0 Å². The van der Waals surface area contributed by atoms with Gasteiger partial charge in [-0.15, -0.1) is 0 Å². The lowest BCUT2D eigenvalue weighted by atomic mass is 9.91. The number of fused-ring (bicyclic) bond motifs is 2. The van der Waals surface area contributed by atoms with E-state index in [2.05, 4.69) is 4.40 Å². The van der Waals surface area contributed by atoms with Gasteiger partial charge in [-0.1, -0.05) is 24.4 Å². The number of hydrogen-bond acceptors (Lipinski definition) is 5. The minimum Gasteiger partial charge on any atom is -0.258 e. The van der Waals surface area contributed by atoms with Gasteiger partial charge in [0.05, 0.1) is 4.92 Å². The Kier molecular flexibility index (Phi) is 3.04. The first-order valence-corrected chi connectivity index (χ1v) is 6.78. The maximum absolute atomic E-state index is 10.9. The van der Waals surface area contributed by atoms with Crippen LogP contribution in [0.4, 0.5) is 5.69 Å². The van der Waals surface area contributed by atoms with Gasteiger partial charge in [0.25, 0.3) is 5.69 Å². The van der Waals surface area contributed by atoms with Gasteiger partial charge in [0.1, 0.15) is 0 Å². The molecule has 1 aliphatic heterocycles. The smallest absolute Gasteiger partial charge is 0.258 e. The molecule has 0 aromatic heterocycles. The van der Waals surface area contributed by atoms with Gasteiger partial charge in [-0.2, -0.15) is 0 Å². The van der Waals surface area contributed by atoms with Crippen LogP contribution in [-0.2, 0) is 0 Å². The van der Waals surface area contributed by atoms with E-state index in [-0.39, 0.29) is 5.69 Å². The van der Waals surface area contributed by atoms with Crippen molar-refractivity contribution >= 4 is 46.5 Å². The predicted molar refractivity (Wildman–Crippen MR) is 80.7 cm³/mol. The Morgan fingerprint density at radius 1 is 1.42 bits per heavy atom. The summed E-state index contributed by atoms with van der Waals surface area (Å²) in [4.78, 5) is 12.2. The van der Waals surface area contributed by atoms with Crippen LogP contribution >= 0.6 is 24.2 Å².